The van der Waals surface area contributed by atoms with Gasteiger partial charge in [-0.3, -0.25) is 4.72 Å². The van der Waals surface area contributed by atoms with Gasteiger partial charge in [-0.2, -0.15) is 23.4 Å². The van der Waals surface area contributed by atoms with Gasteiger partial charge in [-0.05, 0) is 23.7 Å². The zero-order valence-electron chi connectivity index (χ0n) is 9.82. The van der Waals surface area contributed by atoms with Crippen molar-refractivity contribution < 1.29 is 12.7 Å². The molecule has 0 radical (unpaired) electrons. The van der Waals surface area contributed by atoms with Crippen LogP contribution in [0.25, 0.3) is 0 Å². The minimum Gasteiger partial charge on any atom is -0.368 e. The fourth-order valence-electron chi connectivity index (χ4n) is 1.17. The van der Waals surface area contributed by atoms with Crippen LogP contribution < -0.4 is 15.9 Å². The van der Waals surface area contributed by atoms with Crippen molar-refractivity contribution in [2.45, 2.75) is 0 Å². The minimum absolute atomic E-state index is 0.176. The van der Waals surface area contributed by atoms with Gasteiger partial charge in [-0.25, -0.2) is 5.48 Å². The number of anilines is 3. The second-order valence-electron chi connectivity index (χ2n) is 3.39. The Labute approximate surface area is 119 Å². The fourth-order valence-corrected chi connectivity index (χ4v) is 1.99. The molecule has 0 aliphatic heterocycles. The van der Waals surface area contributed by atoms with Crippen LogP contribution in [0.3, 0.4) is 0 Å². The first-order valence-electron chi connectivity index (χ1n) is 5.14. The zero-order valence-corrected chi connectivity index (χ0v) is 11.4. The number of benzene rings is 1. The van der Waals surface area contributed by atoms with Crippen LogP contribution in [0.1, 0.15) is 0 Å². The van der Waals surface area contributed by atoms with Crippen LogP contribution in [-0.2, 0) is 14.6 Å². The van der Waals surface area contributed by atoms with Crippen LogP contribution in [0, 0.1) is 0 Å². The lowest BCUT2D eigenvalue weighted by molar-refractivity contribution is 0.390. The summed E-state index contributed by atoms with van der Waals surface area (Å²) in [7, 11) is -4.10. The lowest BCUT2D eigenvalue weighted by atomic mass is 10.3. The van der Waals surface area contributed by atoms with E-state index < -0.39 is 10.3 Å². The summed E-state index contributed by atoms with van der Waals surface area (Å²) in [5.74, 6) is -0.412. The van der Waals surface area contributed by atoms with Gasteiger partial charge < -0.3 is 5.73 Å². The predicted octanol–water partition coefficient (Wildman–Crippen LogP) is 0.808. The average Bonchev–Trinajstić information content (AvgIpc) is 2.36. The average molecular weight is 317 g/mol. The normalized spacial score (nSPS) is 11.1. The van der Waals surface area contributed by atoms with Crippen LogP contribution in [0.5, 0.6) is 0 Å². The SMILES string of the molecule is Nc1nc(Cl)nc(NOS(=O)(=O)Nc2ccccc2)n1. The van der Waals surface area contributed by atoms with Gasteiger partial charge in [0.2, 0.25) is 11.2 Å². The molecule has 0 aliphatic rings. The molecule has 0 amide bonds. The zero-order chi connectivity index (χ0) is 14.6. The molecule has 0 saturated heterocycles. The Morgan fingerprint density at radius 3 is 2.50 bits per heavy atom. The molecule has 106 valence electrons. The first-order chi connectivity index (χ1) is 9.44. The predicted molar refractivity (Wildman–Crippen MR) is 72.9 cm³/mol. The summed E-state index contributed by atoms with van der Waals surface area (Å²) in [5.41, 5.74) is 7.66. The van der Waals surface area contributed by atoms with Gasteiger partial charge >= 0.3 is 10.3 Å². The summed E-state index contributed by atoms with van der Waals surface area (Å²) in [6, 6.07) is 8.18. The first-order valence-corrected chi connectivity index (χ1v) is 6.92. The number of para-hydroxylation sites is 1. The Bertz CT molecular complexity index is 676. The molecule has 1 aromatic heterocycles. The summed E-state index contributed by atoms with van der Waals surface area (Å²) >= 11 is 5.53. The third kappa shape index (κ3) is 4.19. The van der Waals surface area contributed by atoms with Gasteiger partial charge in [0.05, 0.1) is 5.69 Å². The number of hydrogen-bond donors (Lipinski definition) is 3. The summed E-state index contributed by atoms with van der Waals surface area (Å²) in [5, 5.41) is -0.197. The molecule has 1 aromatic carbocycles. The molecule has 1 heterocycles. The van der Waals surface area contributed by atoms with Gasteiger partial charge in [-0.15, -0.1) is 4.28 Å². The van der Waals surface area contributed by atoms with Crippen LogP contribution >= 0.6 is 11.6 Å². The summed E-state index contributed by atoms with van der Waals surface area (Å²) in [6.07, 6.45) is 0. The third-order valence-corrected chi connectivity index (χ3v) is 2.84. The number of nitrogens with one attached hydrogen (secondary N) is 2. The molecule has 0 bridgehead atoms. The second-order valence-corrected chi connectivity index (χ2v) is 5.01. The Morgan fingerprint density at radius 1 is 1.15 bits per heavy atom. The highest BCUT2D eigenvalue weighted by molar-refractivity contribution is 7.88. The Balaban J connectivity index is 2.02. The molecular weight excluding hydrogens is 308 g/mol. The Kier molecular flexibility index (Phi) is 4.17. The van der Waals surface area contributed by atoms with E-state index in [1.165, 1.54) is 0 Å². The van der Waals surface area contributed by atoms with E-state index in [0.29, 0.717) is 5.69 Å². The van der Waals surface area contributed by atoms with Crippen molar-refractivity contribution in [1.82, 2.24) is 15.0 Å². The number of nitrogens with two attached hydrogens (primary N) is 1. The quantitative estimate of drug-likeness (QED) is 0.690. The van der Waals surface area contributed by atoms with Crippen molar-refractivity contribution in [1.29, 1.82) is 0 Å². The molecule has 0 saturated carbocycles. The van der Waals surface area contributed by atoms with Crippen molar-refractivity contribution in [2.75, 3.05) is 15.9 Å². The van der Waals surface area contributed by atoms with E-state index in [9.17, 15) is 8.42 Å². The van der Waals surface area contributed by atoms with E-state index in [0.717, 1.165) is 0 Å². The van der Waals surface area contributed by atoms with Crippen LogP contribution in [0.4, 0.5) is 17.6 Å². The summed E-state index contributed by atoms with van der Waals surface area (Å²) in [4.78, 5) is 10.7. The molecule has 0 fully saturated rings. The van der Waals surface area contributed by atoms with Crippen LogP contribution in [-0.4, -0.2) is 23.4 Å². The van der Waals surface area contributed by atoms with Crippen LogP contribution in [0.2, 0.25) is 5.28 Å². The topological polar surface area (TPSA) is 132 Å². The molecule has 2 rings (SSSR count). The van der Waals surface area contributed by atoms with E-state index in [-0.39, 0.29) is 17.2 Å². The molecule has 0 unspecified atom stereocenters. The Morgan fingerprint density at radius 2 is 1.85 bits per heavy atom. The third-order valence-electron chi connectivity index (χ3n) is 1.88. The van der Waals surface area contributed by atoms with Crippen molar-refractivity contribution in [2.24, 2.45) is 0 Å². The molecule has 9 nitrogen and oxygen atoms in total. The van der Waals surface area contributed by atoms with E-state index in [2.05, 4.69) is 24.0 Å². The van der Waals surface area contributed by atoms with Gasteiger partial charge in [0.15, 0.2) is 0 Å². The van der Waals surface area contributed by atoms with Gasteiger partial charge in [0.1, 0.15) is 0 Å². The fraction of sp³-hybridized carbons (Fsp3) is 0. The van der Waals surface area contributed by atoms with Gasteiger partial charge in [-0.1, -0.05) is 18.2 Å². The van der Waals surface area contributed by atoms with Crippen molar-refractivity contribution in [3.8, 4) is 0 Å². The lowest BCUT2D eigenvalue weighted by Gasteiger charge is -2.08. The van der Waals surface area contributed by atoms with Gasteiger partial charge in [0, 0.05) is 0 Å². The lowest BCUT2D eigenvalue weighted by Crippen LogP contribution is -2.20. The highest BCUT2D eigenvalue weighted by Gasteiger charge is 2.13. The first kappa shape index (κ1) is 14.2. The smallest absolute Gasteiger partial charge is 0.368 e. The minimum atomic E-state index is -4.10. The molecule has 4 N–H and O–H groups in total. The van der Waals surface area contributed by atoms with E-state index >= 15 is 0 Å². The van der Waals surface area contributed by atoms with E-state index in [4.69, 9.17) is 17.3 Å². The molecule has 0 aliphatic carbocycles. The number of nitrogens with zero attached hydrogens (tertiary/aromatic N) is 3. The van der Waals surface area contributed by atoms with Gasteiger partial charge in [0.25, 0.3) is 5.95 Å². The summed E-state index contributed by atoms with van der Waals surface area (Å²) in [6.45, 7) is 0. The monoisotopic (exact) mass is 316 g/mol. The Hall–Kier alpha value is -2.17. The molecule has 0 atom stereocenters. The number of halogens is 1. The maximum absolute atomic E-state index is 11.6. The molecule has 2 aromatic rings. The number of nitrogen functional groups attached to an aromatic ring is 1. The number of hydrogen-bond acceptors (Lipinski definition) is 8. The second kappa shape index (κ2) is 5.86. The van der Waals surface area contributed by atoms with Crippen molar-refractivity contribution >= 4 is 39.5 Å². The largest absolute Gasteiger partial charge is 0.380 e. The van der Waals surface area contributed by atoms with E-state index in [1.807, 2.05) is 5.48 Å². The van der Waals surface area contributed by atoms with E-state index in [1.54, 1.807) is 30.3 Å². The molecular formula is C9H9ClN6O3S. The summed E-state index contributed by atoms with van der Waals surface area (Å²) < 4.78 is 29.9. The highest BCUT2D eigenvalue weighted by atomic mass is 35.5. The molecule has 0 spiro atoms. The van der Waals surface area contributed by atoms with Crippen LogP contribution in [0.15, 0.2) is 30.3 Å². The van der Waals surface area contributed by atoms with Crippen molar-refractivity contribution in [3.05, 3.63) is 35.6 Å². The highest BCUT2D eigenvalue weighted by Crippen LogP contribution is 2.10. The maximum Gasteiger partial charge on any atom is 0.380 e. The molecule has 11 heteroatoms. The maximum atomic E-state index is 11.6. The van der Waals surface area contributed by atoms with Crippen molar-refractivity contribution in [3.63, 3.8) is 0 Å². The molecule has 20 heavy (non-hydrogen) atoms. The number of aromatic nitrogens is 3. The standard InChI is InChI=1S/C9H9ClN6O3S/c10-7-12-8(11)14-9(13-7)15-19-20(17,18)16-6-4-2-1-3-5-6/h1-5,16H,(H3,11,12,13,14,15). The number of rotatable bonds is 5.